The van der Waals surface area contributed by atoms with Gasteiger partial charge in [0.2, 0.25) is 0 Å². The Balaban J connectivity index is 0. The van der Waals surface area contributed by atoms with Crippen molar-refractivity contribution < 1.29 is 28.7 Å². The standard InChI is InChI=1S/C4H11NO3.CH5NO3Si/c5-4(1-6,2-7)3-8;1-4-6(3)5-2/h6-8H,1-3,5H2;2H2,1H3. The van der Waals surface area contributed by atoms with Gasteiger partial charge in [0, 0.05) is 0 Å². The molecule has 9 heteroatoms. The monoisotopic (exact) mass is 228 g/mol. The lowest BCUT2D eigenvalue weighted by molar-refractivity contribution is 0.0697. The molecule has 0 aromatic heterocycles. The first-order valence-corrected chi connectivity index (χ1v) is 4.78. The van der Waals surface area contributed by atoms with Crippen molar-refractivity contribution in [2.45, 2.75) is 5.54 Å². The van der Waals surface area contributed by atoms with E-state index in [1.165, 1.54) is 7.11 Å². The lowest BCUT2D eigenvalue weighted by Crippen LogP contribution is -2.50. The molecule has 0 amide bonds. The molecule has 0 saturated carbocycles. The third-order valence-electron chi connectivity index (χ3n) is 1.21. The molecule has 0 aromatic carbocycles. The van der Waals surface area contributed by atoms with Crippen molar-refractivity contribution in [2.75, 3.05) is 26.9 Å². The summed E-state index contributed by atoms with van der Waals surface area (Å²) in [5, 5.41) is 25.0. The van der Waals surface area contributed by atoms with Crippen LogP contribution in [0.3, 0.4) is 0 Å². The molecule has 0 bridgehead atoms. The van der Waals surface area contributed by atoms with Gasteiger partial charge in [-0.25, -0.2) is 0 Å². The molecular weight excluding hydrogens is 212 g/mol. The molecule has 0 rings (SSSR count). The molecule has 0 saturated heterocycles. The SMILES string of the molecule is CO[Si](=O)ON.NC(CO)(CO)CO. The molecule has 0 unspecified atom stereocenters. The molecule has 14 heavy (non-hydrogen) atoms. The van der Waals surface area contributed by atoms with Crippen molar-refractivity contribution >= 4 is 9.17 Å². The average Bonchev–Trinajstić information content (AvgIpc) is 2.27. The molecule has 86 valence electrons. The van der Waals surface area contributed by atoms with Gasteiger partial charge in [0.25, 0.3) is 0 Å². The highest BCUT2D eigenvalue weighted by Gasteiger charge is 2.20. The van der Waals surface area contributed by atoms with E-state index in [-0.39, 0.29) is 0 Å². The van der Waals surface area contributed by atoms with Crippen LogP contribution in [0.25, 0.3) is 0 Å². The molecule has 0 aromatic rings. The van der Waals surface area contributed by atoms with E-state index >= 15 is 0 Å². The van der Waals surface area contributed by atoms with E-state index in [0.29, 0.717) is 0 Å². The van der Waals surface area contributed by atoms with Crippen molar-refractivity contribution in [3.63, 3.8) is 0 Å². The zero-order chi connectivity index (χ0) is 11.6. The van der Waals surface area contributed by atoms with Crippen LogP contribution in [0.2, 0.25) is 0 Å². The summed E-state index contributed by atoms with van der Waals surface area (Å²) in [6.07, 6.45) is 0. The molecule has 8 nitrogen and oxygen atoms in total. The minimum Gasteiger partial charge on any atom is -0.498 e. The van der Waals surface area contributed by atoms with Crippen molar-refractivity contribution in [3.05, 3.63) is 0 Å². The quantitative estimate of drug-likeness (QED) is 0.241. The minimum absolute atomic E-state index is 0.403. The Morgan fingerprint density at radius 3 is 1.64 bits per heavy atom. The first-order chi connectivity index (χ1) is 6.49. The van der Waals surface area contributed by atoms with Gasteiger partial charge in [-0.2, -0.15) is 5.90 Å². The highest BCUT2D eigenvalue weighted by molar-refractivity contribution is 6.25. The zero-order valence-corrected chi connectivity index (χ0v) is 8.84. The molecule has 0 heterocycles. The molecule has 0 aliphatic rings. The number of rotatable bonds is 5. The first kappa shape index (κ1) is 15.9. The average molecular weight is 228 g/mol. The van der Waals surface area contributed by atoms with Gasteiger partial charge in [0.1, 0.15) is 0 Å². The van der Waals surface area contributed by atoms with Gasteiger partial charge in [0.15, 0.2) is 0 Å². The third kappa shape index (κ3) is 8.04. The number of hydrogen-bond donors (Lipinski definition) is 5. The van der Waals surface area contributed by atoms with Gasteiger partial charge < -0.3 is 30.0 Å². The molecule has 0 aliphatic heterocycles. The van der Waals surface area contributed by atoms with E-state index in [1.807, 2.05) is 0 Å². The van der Waals surface area contributed by atoms with Crippen LogP contribution in [0, 0.1) is 0 Å². The van der Waals surface area contributed by atoms with Crippen LogP contribution in [0.1, 0.15) is 0 Å². The Morgan fingerprint density at radius 2 is 1.64 bits per heavy atom. The molecule has 0 aliphatic carbocycles. The van der Waals surface area contributed by atoms with Crippen molar-refractivity contribution in [1.29, 1.82) is 0 Å². The van der Waals surface area contributed by atoms with Crippen LogP contribution in [0.15, 0.2) is 0 Å². The van der Waals surface area contributed by atoms with Crippen LogP contribution >= 0.6 is 0 Å². The Kier molecular flexibility index (Phi) is 10.2. The number of aliphatic hydroxyl groups is 3. The van der Waals surface area contributed by atoms with Gasteiger partial charge in [-0.05, 0) is 0 Å². The molecular formula is C5H16N2O6Si. The van der Waals surface area contributed by atoms with Crippen molar-refractivity contribution in [2.24, 2.45) is 11.6 Å². The summed E-state index contributed by atoms with van der Waals surface area (Å²) in [4.78, 5) is 0. The van der Waals surface area contributed by atoms with Gasteiger partial charge in [-0.1, -0.05) is 0 Å². The maximum atomic E-state index is 9.80. The van der Waals surface area contributed by atoms with E-state index in [9.17, 15) is 4.46 Å². The highest BCUT2D eigenvalue weighted by Crippen LogP contribution is 1.93. The van der Waals surface area contributed by atoms with Crippen LogP contribution in [0.4, 0.5) is 0 Å². The summed E-state index contributed by atoms with van der Waals surface area (Å²) >= 11 is 0. The van der Waals surface area contributed by atoms with E-state index in [1.54, 1.807) is 0 Å². The molecule has 7 N–H and O–H groups in total. The topological polar surface area (TPSA) is 148 Å². The summed E-state index contributed by atoms with van der Waals surface area (Å²) < 4.78 is 17.6. The zero-order valence-electron chi connectivity index (χ0n) is 7.84. The van der Waals surface area contributed by atoms with Gasteiger partial charge >= 0.3 is 9.17 Å². The fourth-order valence-corrected chi connectivity index (χ4v) is 0.294. The summed E-state index contributed by atoms with van der Waals surface area (Å²) in [6.45, 7) is -1.21. The number of aliphatic hydroxyl groups excluding tert-OH is 3. The van der Waals surface area contributed by atoms with Gasteiger partial charge in [-0.15, -0.1) is 0 Å². The van der Waals surface area contributed by atoms with E-state index in [0.717, 1.165) is 0 Å². The summed E-state index contributed by atoms with van der Waals surface area (Å²) in [5.74, 6) is 4.39. The molecule has 0 spiro atoms. The summed E-state index contributed by atoms with van der Waals surface area (Å²) in [5.41, 5.74) is 3.94. The molecule has 0 radical (unpaired) electrons. The predicted molar refractivity (Wildman–Crippen MR) is 46.9 cm³/mol. The Bertz CT molecular complexity index is 139. The first-order valence-electron chi connectivity index (χ1n) is 3.55. The number of nitrogens with two attached hydrogens (primary N) is 2. The van der Waals surface area contributed by atoms with Crippen LogP contribution < -0.4 is 11.6 Å². The second-order valence-corrected chi connectivity index (χ2v) is 3.55. The second-order valence-electron chi connectivity index (χ2n) is 2.41. The maximum absolute atomic E-state index is 9.80. The molecule has 0 fully saturated rings. The minimum atomic E-state index is -2.34. The van der Waals surface area contributed by atoms with Crippen molar-refractivity contribution in [1.82, 2.24) is 0 Å². The van der Waals surface area contributed by atoms with Gasteiger partial charge in [0.05, 0.1) is 32.5 Å². The van der Waals surface area contributed by atoms with Crippen LogP contribution in [0.5, 0.6) is 0 Å². The maximum Gasteiger partial charge on any atom is 0.787 e. The summed E-state index contributed by atoms with van der Waals surface area (Å²) in [6, 6.07) is 0. The Morgan fingerprint density at radius 1 is 1.29 bits per heavy atom. The third-order valence-corrected chi connectivity index (χ3v) is 1.73. The van der Waals surface area contributed by atoms with E-state index in [2.05, 4.69) is 14.8 Å². The van der Waals surface area contributed by atoms with Crippen LogP contribution in [-0.4, -0.2) is 57.0 Å². The largest absolute Gasteiger partial charge is 0.787 e. The highest BCUT2D eigenvalue weighted by atomic mass is 28.3. The lowest BCUT2D eigenvalue weighted by atomic mass is 10.1. The predicted octanol–water partition coefficient (Wildman–Crippen LogP) is -3.40. The fourth-order valence-electron chi connectivity index (χ4n) is 0.198. The second kappa shape index (κ2) is 8.99. The van der Waals surface area contributed by atoms with Crippen molar-refractivity contribution in [3.8, 4) is 0 Å². The van der Waals surface area contributed by atoms with E-state index in [4.69, 9.17) is 21.1 Å². The normalized spacial score (nSPS) is 9.86. The van der Waals surface area contributed by atoms with E-state index < -0.39 is 34.5 Å². The van der Waals surface area contributed by atoms with Gasteiger partial charge in [-0.3, -0.25) is 4.46 Å². The summed E-state index contributed by atoms with van der Waals surface area (Å²) in [7, 11) is -1.08. The fraction of sp³-hybridized carbons (Fsp3) is 1.00. The smallest absolute Gasteiger partial charge is 0.498 e. The Hall–Kier alpha value is -0.583. The molecule has 0 atom stereocenters. The lowest BCUT2D eigenvalue weighted by Gasteiger charge is -2.20. The van der Waals surface area contributed by atoms with Crippen LogP contribution in [-0.2, 0) is 13.4 Å². The number of hydrogen-bond acceptors (Lipinski definition) is 8. The Labute approximate surface area is 82.9 Å².